The van der Waals surface area contributed by atoms with Crippen LogP contribution >= 0.6 is 11.6 Å². The summed E-state index contributed by atoms with van der Waals surface area (Å²) in [6.07, 6.45) is 5.33. The molecule has 1 N–H and O–H groups in total. The van der Waals surface area contributed by atoms with Crippen molar-refractivity contribution < 1.29 is 18.7 Å². The standard InChI is InChI=1S/C28H29ClFN3O3/c1-3-35-28(34)26-17(2)31-25(32-26)16-33-13-11-18(12-14-33)21-6-4-5-19-7-10-24(36-27(19)21)22-9-8-20(29)15-23(22)30/h4-10,15,18,24H,3,11-14,16H2,1-2H3,(H,31,32)/t24-/m1/s1. The van der Waals surface area contributed by atoms with Gasteiger partial charge in [0.15, 0.2) is 0 Å². The van der Waals surface area contributed by atoms with Gasteiger partial charge in [-0.05, 0) is 69.5 Å². The number of imidazole rings is 1. The molecule has 1 fully saturated rings. The van der Waals surface area contributed by atoms with Gasteiger partial charge in [-0.3, -0.25) is 4.90 Å². The lowest BCUT2D eigenvalue weighted by molar-refractivity contribution is 0.0519. The van der Waals surface area contributed by atoms with Crippen LogP contribution in [0.25, 0.3) is 6.08 Å². The van der Waals surface area contributed by atoms with Gasteiger partial charge in [0.1, 0.15) is 29.2 Å². The molecule has 0 unspecified atom stereocenters. The van der Waals surface area contributed by atoms with Crippen LogP contribution in [-0.2, 0) is 11.3 Å². The number of fused-ring (bicyclic) bond motifs is 1. The summed E-state index contributed by atoms with van der Waals surface area (Å²) < 4.78 is 26.0. The normalized spacial score (nSPS) is 18.1. The first kappa shape index (κ1) is 24.5. The van der Waals surface area contributed by atoms with E-state index in [2.05, 4.69) is 27.0 Å². The van der Waals surface area contributed by atoms with Crippen molar-refractivity contribution in [2.24, 2.45) is 0 Å². The predicted octanol–water partition coefficient (Wildman–Crippen LogP) is 6.21. The van der Waals surface area contributed by atoms with E-state index in [-0.39, 0.29) is 11.8 Å². The molecule has 188 valence electrons. The minimum Gasteiger partial charge on any atom is -0.481 e. The molecule has 2 aliphatic rings. The Morgan fingerprint density at radius 1 is 1.25 bits per heavy atom. The van der Waals surface area contributed by atoms with Crippen molar-refractivity contribution in [2.75, 3.05) is 19.7 Å². The molecule has 36 heavy (non-hydrogen) atoms. The number of hydrogen-bond donors (Lipinski definition) is 1. The highest BCUT2D eigenvalue weighted by Crippen LogP contribution is 2.42. The highest BCUT2D eigenvalue weighted by molar-refractivity contribution is 6.30. The summed E-state index contributed by atoms with van der Waals surface area (Å²) in [6, 6.07) is 10.9. The van der Waals surface area contributed by atoms with Gasteiger partial charge >= 0.3 is 5.97 Å². The number of aryl methyl sites for hydroxylation is 1. The molecule has 1 aromatic heterocycles. The number of esters is 1. The van der Waals surface area contributed by atoms with Gasteiger partial charge in [0.2, 0.25) is 0 Å². The Morgan fingerprint density at radius 3 is 2.81 bits per heavy atom. The van der Waals surface area contributed by atoms with Gasteiger partial charge in [0.05, 0.1) is 18.8 Å². The minimum atomic E-state index is -0.494. The number of para-hydroxylation sites is 1. The largest absolute Gasteiger partial charge is 0.481 e. The number of likely N-dealkylation sites (tertiary alicyclic amines) is 1. The van der Waals surface area contributed by atoms with Gasteiger partial charge in [0, 0.05) is 16.1 Å². The van der Waals surface area contributed by atoms with Crippen LogP contribution in [0.2, 0.25) is 5.02 Å². The van der Waals surface area contributed by atoms with Crippen LogP contribution < -0.4 is 4.74 Å². The zero-order valence-electron chi connectivity index (χ0n) is 20.4. The zero-order valence-corrected chi connectivity index (χ0v) is 21.1. The molecule has 0 aliphatic carbocycles. The van der Waals surface area contributed by atoms with E-state index in [9.17, 15) is 9.18 Å². The van der Waals surface area contributed by atoms with E-state index >= 15 is 0 Å². The molecule has 6 nitrogen and oxygen atoms in total. The van der Waals surface area contributed by atoms with E-state index in [1.807, 2.05) is 25.1 Å². The van der Waals surface area contributed by atoms with Crippen molar-refractivity contribution in [2.45, 2.75) is 45.3 Å². The number of halogens is 2. The van der Waals surface area contributed by atoms with Crippen molar-refractivity contribution in [1.82, 2.24) is 14.9 Å². The molecule has 2 aromatic carbocycles. The van der Waals surface area contributed by atoms with E-state index in [0.717, 1.165) is 48.6 Å². The number of hydrogen-bond acceptors (Lipinski definition) is 5. The molecule has 0 bridgehead atoms. The Morgan fingerprint density at radius 2 is 2.06 bits per heavy atom. The zero-order chi connectivity index (χ0) is 25.2. The molecular formula is C28H29ClFN3O3. The maximum absolute atomic E-state index is 14.6. The Labute approximate surface area is 215 Å². The number of aromatic amines is 1. The summed E-state index contributed by atoms with van der Waals surface area (Å²) >= 11 is 5.93. The van der Waals surface area contributed by atoms with Crippen LogP contribution in [0, 0.1) is 12.7 Å². The Balaban J connectivity index is 1.26. The minimum absolute atomic E-state index is 0.332. The first-order valence-corrected chi connectivity index (χ1v) is 12.7. The van der Waals surface area contributed by atoms with Crippen LogP contribution in [0.15, 0.2) is 42.5 Å². The van der Waals surface area contributed by atoms with Crippen LogP contribution in [-0.4, -0.2) is 40.5 Å². The topological polar surface area (TPSA) is 67.5 Å². The third-order valence-corrected chi connectivity index (χ3v) is 7.09. The fourth-order valence-electron chi connectivity index (χ4n) is 5.03. The molecule has 1 saturated heterocycles. The van der Waals surface area contributed by atoms with Gasteiger partial charge in [0.25, 0.3) is 0 Å². The number of ether oxygens (including phenoxy) is 2. The lowest BCUT2D eigenvalue weighted by Gasteiger charge is -2.33. The third-order valence-electron chi connectivity index (χ3n) is 6.85. The van der Waals surface area contributed by atoms with E-state index in [4.69, 9.17) is 21.1 Å². The quantitative estimate of drug-likeness (QED) is 0.400. The number of carbonyl (C=O) groups is 1. The molecular weight excluding hydrogens is 481 g/mol. The molecule has 5 rings (SSSR count). The number of nitrogens with zero attached hydrogens (tertiary/aromatic N) is 2. The van der Waals surface area contributed by atoms with E-state index in [0.29, 0.717) is 41.0 Å². The molecule has 3 aromatic rings. The predicted molar refractivity (Wildman–Crippen MR) is 137 cm³/mol. The molecule has 0 radical (unpaired) electrons. The lowest BCUT2D eigenvalue weighted by atomic mass is 9.87. The molecule has 3 heterocycles. The van der Waals surface area contributed by atoms with Crippen LogP contribution in [0.1, 0.15) is 70.5 Å². The summed E-state index contributed by atoms with van der Waals surface area (Å²) in [7, 11) is 0. The number of rotatable bonds is 6. The van der Waals surface area contributed by atoms with Gasteiger partial charge in [-0.2, -0.15) is 0 Å². The number of carbonyl (C=O) groups excluding carboxylic acids is 1. The third kappa shape index (κ3) is 5.04. The number of nitrogens with one attached hydrogen (secondary N) is 1. The monoisotopic (exact) mass is 509 g/mol. The summed E-state index contributed by atoms with van der Waals surface area (Å²) in [5.41, 5.74) is 3.73. The second-order valence-corrected chi connectivity index (χ2v) is 9.68. The van der Waals surface area contributed by atoms with Crippen LogP contribution in [0.3, 0.4) is 0 Å². The average molecular weight is 510 g/mol. The number of piperidine rings is 1. The van der Waals surface area contributed by atoms with Gasteiger partial charge in [-0.1, -0.05) is 41.9 Å². The molecule has 8 heteroatoms. The smallest absolute Gasteiger partial charge is 0.356 e. The van der Waals surface area contributed by atoms with Crippen molar-refractivity contribution in [1.29, 1.82) is 0 Å². The first-order valence-electron chi connectivity index (χ1n) is 12.3. The average Bonchev–Trinajstić information content (AvgIpc) is 3.24. The molecule has 2 aliphatic heterocycles. The Hall–Kier alpha value is -3.16. The number of H-pyrrole nitrogens is 1. The van der Waals surface area contributed by atoms with Gasteiger partial charge < -0.3 is 14.5 Å². The number of aromatic nitrogens is 2. The van der Waals surface area contributed by atoms with Crippen molar-refractivity contribution >= 4 is 23.6 Å². The molecule has 0 amide bonds. The first-order chi connectivity index (χ1) is 17.4. The summed E-state index contributed by atoms with van der Waals surface area (Å²) in [5, 5.41) is 0.366. The second-order valence-electron chi connectivity index (χ2n) is 9.24. The maximum Gasteiger partial charge on any atom is 0.356 e. The summed E-state index contributed by atoms with van der Waals surface area (Å²) in [4.78, 5) is 22.1. The van der Waals surface area contributed by atoms with E-state index in [1.165, 1.54) is 6.07 Å². The fourth-order valence-corrected chi connectivity index (χ4v) is 5.19. The Kier molecular flexibility index (Phi) is 7.12. The van der Waals surface area contributed by atoms with Crippen LogP contribution in [0.4, 0.5) is 4.39 Å². The second kappa shape index (κ2) is 10.4. The highest BCUT2D eigenvalue weighted by atomic mass is 35.5. The van der Waals surface area contributed by atoms with Crippen LogP contribution in [0.5, 0.6) is 5.75 Å². The van der Waals surface area contributed by atoms with Gasteiger partial charge in [-0.15, -0.1) is 0 Å². The SMILES string of the molecule is CCOC(=O)c1[nH]c(CN2CCC(c3cccc4c3O[C@@H](c3ccc(Cl)cc3F)C=C4)CC2)nc1C. The fraction of sp³-hybridized carbons (Fsp3) is 0.357. The van der Waals surface area contributed by atoms with E-state index in [1.54, 1.807) is 19.1 Å². The van der Waals surface area contributed by atoms with Crippen molar-refractivity contribution in [3.63, 3.8) is 0 Å². The maximum atomic E-state index is 14.6. The highest BCUT2D eigenvalue weighted by Gasteiger charge is 2.28. The van der Waals surface area contributed by atoms with Crippen molar-refractivity contribution in [3.05, 3.63) is 87.2 Å². The number of benzene rings is 2. The molecule has 0 spiro atoms. The summed E-state index contributed by atoms with van der Waals surface area (Å²) in [5.74, 6) is 1.20. The van der Waals surface area contributed by atoms with Crippen molar-refractivity contribution in [3.8, 4) is 5.75 Å². The molecule has 0 saturated carbocycles. The van der Waals surface area contributed by atoms with E-state index < -0.39 is 6.10 Å². The summed E-state index contributed by atoms with van der Waals surface area (Å²) in [6.45, 7) is 6.38. The lowest BCUT2D eigenvalue weighted by Crippen LogP contribution is -2.33. The van der Waals surface area contributed by atoms with Gasteiger partial charge in [-0.25, -0.2) is 14.2 Å². The molecule has 1 atom stereocenters. The Bertz CT molecular complexity index is 1300.